The first-order valence-corrected chi connectivity index (χ1v) is 9.79. The number of aromatic nitrogens is 1. The van der Waals surface area contributed by atoms with E-state index in [2.05, 4.69) is 48.4 Å². The SMILES string of the molecule is CC(C)c1ccc(Cc2cnc(NC(=O)CCc3ccccc3)s2)cc1. The molecule has 0 radical (unpaired) electrons. The van der Waals surface area contributed by atoms with E-state index in [0.29, 0.717) is 17.5 Å². The van der Waals surface area contributed by atoms with Gasteiger partial charge in [0, 0.05) is 23.9 Å². The molecule has 1 N–H and O–H groups in total. The maximum absolute atomic E-state index is 12.1. The van der Waals surface area contributed by atoms with E-state index in [0.717, 1.165) is 17.7 Å². The van der Waals surface area contributed by atoms with Gasteiger partial charge in [-0.05, 0) is 29.0 Å². The molecule has 2 aromatic carbocycles. The van der Waals surface area contributed by atoms with E-state index in [1.54, 1.807) is 11.3 Å². The Balaban J connectivity index is 1.51. The minimum atomic E-state index is 0.0102. The Morgan fingerprint density at radius 1 is 1.04 bits per heavy atom. The number of rotatable bonds is 7. The summed E-state index contributed by atoms with van der Waals surface area (Å²) in [6.45, 7) is 4.40. The van der Waals surface area contributed by atoms with Crippen LogP contribution in [0, 0.1) is 0 Å². The molecule has 0 fully saturated rings. The topological polar surface area (TPSA) is 42.0 Å². The number of nitrogens with zero attached hydrogens (tertiary/aromatic N) is 1. The van der Waals surface area contributed by atoms with Gasteiger partial charge in [0.2, 0.25) is 5.91 Å². The van der Waals surface area contributed by atoms with Crippen LogP contribution in [-0.2, 0) is 17.6 Å². The molecule has 0 saturated carbocycles. The minimum Gasteiger partial charge on any atom is -0.302 e. The molecular formula is C22H24N2OS. The lowest BCUT2D eigenvalue weighted by Crippen LogP contribution is -2.11. The van der Waals surface area contributed by atoms with Crippen molar-refractivity contribution in [3.63, 3.8) is 0 Å². The van der Waals surface area contributed by atoms with Crippen LogP contribution in [0.4, 0.5) is 5.13 Å². The van der Waals surface area contributed by atoms with Crippen molar-refractivity contribution in [3.05, 3.63) is 82.4 Å². The third-order valence-electron chi connectivity index (χ3n) is 4.31. The van der Waals surface area contributed by atoms with Crippen molar-refractivity contribution < 1.29 is 4.79 Å². The van der Waals surface area contributed by atoms with E-state index in [9.17, 15) is 4.79 Å². The molecule has 0 aliphatic heterocycles. The van der Waals surface area contributed by atoms with Gasteiger partial charge in [-0.25, -0.2) is 4.98 Å². The summed E-state index contributed by atoms with van der Waals surface area (Å²) in [5.74, 6) is 0.557. The van der Waals surface area contributed by atoms with Crippen LogP contribution >= 0.6 is 11.3 Å². The smallest absolute Gasteiger partial charge is 0.226 e. The van der Waals surface area contributed by atoms with Crippen LogP contribution in [0.15, 0.2) is 60.8 Å². The minimum absolute atomic E-state index is 0.0102. The van der Waals surface area contributed by atoms with Gasteiger partial charge in [-0.1, -0.05) is 68.4 Å². The Kier molecular flexibility index (Phi) is 6.18. The summed E-state index contributed by atoms with van der Waals surface area (Å²) in [4.78, 5) is 17.6. The Morgan fingerprint density at radius 3 is 2.46 bits per heavy atom. The second kappa shape index (κ2) is 8.77. The van der Waals surface area contributed by atoms with Crippen LogP contribution in [0.3, 0.4) is 0 Å². The number of hydrogen-bond acceptors (Lipinski definition) is 3. The third kappa shape index (κ3) is 5.27. The van der Waals surface area contributed by atoms with Gasteiger partial charge in [0.25, 0.3) is 0 Å². The molecule has 3 rings (SSSR count). The summed E-state index contributed by atoms with van der Waals surface area (Å²) in [5, 5.41) is 3.59. The first kappa shape index (κ1) is 18.3. The molecule has 0 aliphatic rings. The molecule has 1 aromatic heterocycles. The first-order valence-electron chi connectivity index (χ1n) is 8.97. The standard InChI is InChI=1S/C22H24N2OS/c1-16(2)19-11-8-18(9-12-19)14-20-15-23-22(26-20)24-21(25)13-10-17-6-4-3-5-7-17/h3-9,11-12,15-16H,10,13-14H2,1-2H3,(H,23,24,25). The Hall–Kier alpha value is -2.46. The lowest BCUT2D eigenvalue weighted by molar-refractivity contribution is -0.116. The predicted octanol–water partition coefficient (Wildman–Crippen LogP) is 5.43. The summed E-state index contributed by atoms with van der Waals surface area (Å²) in [7, 11) is 0. The van der Waals surface area contributed by atoms with Gasteiger partial charge in [0.15, 0.2) is 5.13 Å². The number of nitrogens with one attached hydrogen (secondary N) is 1. The highest BCUT2D eigenvalue weighted by molar-refractivity contribution is 7.15. The highest BCUT2D eigenvalue weighted by Crippen LogP contribution is 2.22. The molecule has 4 heteroatoms. The molecule has 0 bridgehead atoms. The summed E-state index contributed by atoms with van der Waals surface area (Å²) < 4.78 is 0. The highest BCUT2D eigenvalue weighted by atomic mass is 32.1. The molecule has 0 spiro atoms. The summed E-state index contributed by atoms with van der Waals surface area (Å²) in [5.41, 5.74) is 3.79. The number of thiazole rings is 1. The number of benzene rings is 2. The summed E-state index contributed by atoms with van der Waals surface area (Å²) in [6.07, 6.45) is 3.91. The molecule has 134 valence electrons. The van der Waals surface area contributed by atoms with E-state index in [-0.39, 0.29) is 5.91 Å². The quantitative estimate of drug-likeness (QED) is 0.607. The fourth-order valence-electron chi connectivity index (χ4n) is 2.75. The first-order chi connectivity index (χ1) is 12.6. The van der Waals surface area contributed by atoms with Gasteiger partial charge >= 0.3 is 0 Å². The maximum atomic E-state index is 12.1. The number of aryl methyl sites for hydroxylation is 1. The van der Waals surface area contributed by atoms with Crippen molar-refractivity contribution in [1.82, 2.24) is 4.98 Å². The average molecular weight is 365 g/mol. The Morgan fingerprint density at radius 2 is 1.77 bits per heavy atom. The lowest BCUT2D eigenvalue weighted by Gasteiger charge is -2.06. The molecule has 0 unspecified atom stereocenters. The fourth-order valence-corrected chi connectivity index (χ4v) is 3.62. The largest absolute Gasteiger partial charge is 0.302 e. The van der Waals surface area contributed by atoms with Crippen molar-refractivity contribution in [2.75, 3.05) is 5.32 Å². The van der Waals surface area contributed by atoms with Crippen LogP contribution in [0.1, 0.15) is 47.8 Å². The number of anilines is 1. The summed E-state index contributed by atoms with van der Waals surface area (Å²) >= 11 is 1.55. The zero-order valence-electron chi connectivity index (χ0n) is 15.2. The van der Waals surface area contributed by atoms with Crippen molar-refractivity contribution in [1.29, 1.82) is 0 Å². The number of amides is 1. The van der Waals surface area contributed by atoms with E-state index >= 15 is 0 Å². The zero-order valence-corrected chi connectivity index (χ0v) is 16.1. The average Bonchev–Trinajstić information content (AvgIpc) is 3.08. The molecular weight excluding hydrogens is 340 g/mol. The molecule has 3 aromatic rings. The summed E-state index contributed by atoms with van der Waals surface area (Å²) in [6, 6.07) is 18.8. The fraction of sp³-hybridized carbons (Fsp3) is 0.273. The highest BCUT2D eigenvalue weighted by Gasteiger charge is 2.08. The van der Waals surface area contributed by atoms with E-state index in [1.165, 1.54) is 16.7 Å². The number of carbonyl (C=O) groups excluding carboxylic acids is 1. The monoisotopic (exact) mass is 364 g/mol. The number of carbonyl (C=O) groups is 1. The van der Waals surface area contributed by atoms with Crippen molar-refractivity contribution >= 4 is 22.4 Å². The van der Waals surface area contributed by atoms with Gasteiger partial charge in [-0.2, -0.15) is 0 Å². The van der Waals surface area contributed by atoms with Crippen molar-refractivity contribution in [2.24, 2.45) is 0 Å². The van der Waals surface area contributed by atoms with Gasteiger partial charge in [-0.15, -0.1) is 11.3 Å². The van der Waals surface area contributed by atoms with Crippen LogP contribution in [0.25, 0.3) is 0 Å². The van der Waals surface area contributed by atoms with Crippen molar-refractivity contribution in [2.45, 2.75) is 39.0 Å². The second-order valence-corrected chi connectivity index (χ2v) is 7.85. The van der Waals surface area contributed by atoms with Crippen LogP contribution in [0.2, 0.25) is 0 Å². The number of hydrogen-bond donors (Lipinski definition) is 1. The van der Waals surface area contributed by atoms with Gasteiger partial charge in [-0.3, -0.25) is 4.79 Å². The predicted molar refractivity (Wildman–Crippen MR) is 109 cm³/mol. The molecule has 0 aliphatic carbocycles. The van der Waals surface area contributed by atoms with Crippen LogP contribution in [0.5, 0.6) is 0 Å². The third-order valence-corrected chi connectivity index (χ3v) is 5.22. The van der Waals surface area contributed by atoms with Crippen molar-refractivity contribution in [3.8, 4) is 0 Å². The molecule has 1 amide bonds. The molecule has 3 nitrogen and oxygen atoms in total. The van der Waals surface area contributed by atoms with Gasteiger partial charge < -0.3 is 5.32 Å². The van der Waals surface area contributed by atoms with Crippen LogP contribution < -0.4 is 5.32 Å². The Bertz CT molecular complexity index is 838. The van der Waals surface area contributed by atoms with E-state index in [4.69, 9.17) is 0 Å². The molecule has 26 heavy (non-hydrogen) atoms. The van der Waals surface area contributed by atoms with E-state index in [1.807, 2.05) is 36.5 Å². The molecule has 1 heterocycles. The second-order valence-electron chi connectivity index (χ2n) is 6.74. The molecule has 0 saturated heterocycles. The van der Waals surface area contributed by atoms with Gasteiger partial charge in [0.1, 0.15) is 0 Å². The van der Waals surface area contributed by atoms with Gasteiger partial charge in [0.05, 0.1) is 0 Å². The lowest BCUT2D eigenvalue weighted by atomic mass is 10.0. The zero-order chi connectivity index (χ0) is 18.4. The molecule has 0 atom stereocenters. The maximum Gasteiger partial charge on any atom is 0.226 e. The van der Waals surface area contributed by atoms with E-state index < -0.39 is 0 Å². The Labute approximate surface area is 159 Å². The normalized spacial score (nSPS) is 10.9. The van der Waals surface area contributed by atoms with Crippen LogP contribution in [-0.4, -0.2) is 10.9 Å².